The Kier molecular flexibility index (Phi) is 5.03. The van der Waals surface area contributed by atoms with Gasteiger partial charge in [0.2, 0.25) is 11.8 Å². The zero-order valence-corrected chi connectivity index (χ0v) is 15.6. The monoisotopic (exact) mass is 379 g/mol. The summed E-state index contributed by atoms with van der Waals surface area (Å²) in [6, 6.07) is 14.7. The number of piperazine rings is 1. The van der Waals surface area contributed by atoms with Crippen molar-refractivity contribution in [3.63, 3.8) is 0 Å². The van der Waals surface area contributed by atoms with Gasteiger partial charge in [-0.15, -0.1) is 10.2 Å². The van der Waals surface area contributed by atoms with E-state index in [2.05, 4.69) is 20.0 Å². The average Bonchev–Trinajstić information content (AvgIpc) is 3.17. The van der Waals surface area contributed by atoms with E-state index in [1.54, 1.807) is 24.3 Å². The molecule has 0 saturated carbocycles. The van der Waals surface area contributed by atoms with Crippen molar-refractivity contribution >= 4 is 11.4 Å². The third-order valence-corrected chi connectivity index (χ3v) is 4.89. The second-order valence-electron chi connectivity index (χ2n) is 6.91. The van der Waals surface area contributed by atoms with E-state index in [4.69, 9.17) is 4.42 Å². The van der Waals surface area contributed by atoms with Gasteiger partial charge < -0.3 is 9.32 Å². The first-order valence-corrected chi connectivity index (χ1v) is 9.20. The average molecular weight is 379 g/mol. The summed E-state index contributed by atoms with van der Waals surface area (Å²) in [5, 5.41) is 19.1. The summed E-state index contributed by atoms with van der Waals surface area (Å²) in [4.78, 5) is 14.9. The standard InChI is InChI=1S/C20H21N5O3/c1-15-3-2-4-16(13-15)20-22-21-19(28-20)14-23-9-11-24(12-10-23)17-5-7-18(8-6-17)25(26)27/h2-8,13H,9-12,14H2,1H3. The van der Waals surface area contributed by atoms with E-state index in [0.717, 1.165) is 43.0 Å². The van der Waals surface area contributed by atoms with Gasteiger partial charge in [0.15, 0.2) is 0 Å². The predicted octanol–water partition coefficient (Wildman–Crippen LogP) is 3.28. The molecule has 1 aromatic heterocycles. The smallest absolute Gasteiger partial charge is 0.269 e. The molecule has 144 valence electrons. The van der Waals surface area contributed by atoms with Crippen LogP contribution < -0.4 is 4.90 Å². The number of anilines is 1. The number of hydrogen-bond acceptors (Lipinski definition) is 7. The van der Waals surface area contributed by atoms with Gasteiger partial charge in [-0.05, 0) is 31.2 Å². The highest BCUT2D eigenvalue weighted by Gasteiger charge is 2.20. The van der Waals surface area contributed by atoms with Crippen LogP contribution in [0.1, 0.15) is 11.5 Å². The zero-order chi connectivity index (χ0) is 19.5. The topological polar surface area (TPSA) is 88.5 Å². The van der Waals surface area contributed by atoms with Crippen molar-refractivity contribution in [3.05, 3.63) is 70.1 Å². The second-order valence-corrected chi connectivity index (χ2v) is 6.91. The summed E-state index contributed by atoms with van der Waals surface area (Å²) in [7, 11) is 0. The Morgan fingerprint density at radius 3 is 2.50 bits per heavy atom. The van der Waals surface area contributed by atoms with E-state index in [1.807, 2.05) is 31.2 Å². The van der Waals surface area contributed by atoms with Crippen molar-refractivity contribution in [1.82, 2.24) is 15.1 Å². The molecule has 1 aliphatic heterocycles. The zero-order valence-electron chi connectivity index (χ0n) is 15.6. The van der Waals surface area contributed by atoms with E-state index in [1.165, 1.54) is 0 Å². The van der Waals surface area contributed by atoms with Gasteiger partial charge in [0.05, 0.1) is 11.5 Å². The fraction of sp³-hybridized carbons (Fsp3) is 0.300. The molecule has 0 amide bonds. The Morgan fingerprint density at radius 1 is 1.07 bits per heavy atom. The minimum atomic E-state index is -0.378. The van der Waals surface area contributed by atoms with Gasteiger partial charge in [-0.3, -0.25) is 15.0 Å². The third kappa shape index (κ3) is 4.01. The molecular formula is C20H21N5O3. The van der Waals surface area contributed by atoms with Crippen LogP contribution in [0, 0.1) is 17.0 Å². The number of aromatic nitrogens is 2. The Balaban J connectivity index is 1.34. The van der Waals surface area contributed by atoms with Gasteiger partial charge in [0.25, 0.3) is 5.69 Å². The normalized spacial score (nSPS) is 15.0. The number of benzene rings is 2. The fourth-order valence-electron chi connectivity index (χ4n) is 3.35. The van der Waals surface area contributed by atoms with Gasteiger partial charge in [-0.1, -0.05) is 17.7 Å². The Labute approximate surface area is 162 Å². The van der Waals surface area contributed by atoms with Gasteiger partial charge in [0, 0.05) is 49.6 Å². The molecule has 1 aliphatic rings. The van der Waals surface area contributed by atoms with Gasteiger partial charge >= 0.3 is 0 Å². The lowest BCUT2D eigenvalue weighted by atomic mass is 10.1. The lowest BCUT2D eigenvalue weighted by molar-refractivity contribution is -0.384. The molecule has 4 rings (SSSR count). The van der Waals surface area contributed by atoms with Crippen molar-refractivity contribution in [3.8, 4) is 11.5 Å². The summed E-state index contributed by atoms with van der Waals surface area (Å²) >= 11 is 0. The van der Waals surface area contributed by atoms with E-state index in [-0.39, 0.29) is 10.6 Å². The lowest BCUT2D eigenvalue weighted by Gasteiger charge is -2.35. The number of aryl methyl sites for hydroxylation is 1. The second kappa shape index (κ2) is 7.77. The van der Waals surface area contributed by atoms with E-state index < -0.39 is 0 Å². The maximum absolute atomic E-state index is 10.8. The van der Waals surface area contributed by atoms with Gasteiger partial charge in [-0.2, -0.15) is 0 Å². The number of rotatable bonds is 5. The quantitative estimate of drug-likeness (QED) is 0.496. The molecule has 0 bridgehead atoms. The van der Waals surface area contributed by atoms with Crippen molar-refractivity contribution in [2.24, 2.45) is 0 Å². The number of nitro groups is 1. The number of non-ortho nitro benzene ring substituents is 1. The van der Waals surface area contributed by atoms with Crippen LogP contribution in [0.15, 0.2) is 52.9 Å². The molecular weight excluding hydrogens is 358 g/mol. The number of hydrogen-bond donors (Lipinski definition) is 0. The summed E-state index contributed by atoms with van der Waals surface area (Å²) in [5.74, 6) is 1.16. The van der Waals surface area contributed by atoms with Gasteiger partial charge in [0.1, 0.15) is 0 Å². The molecule has 3 aromatic rings. The van der Waals surface area contributed by atoms with Gasteiger partial charge in [-0.25, -0.2) is 0 Å². The van der Waals surface area contributed by atoms with E-state index >= 15 is 0 Å². The molecule has 8 heteroatoms. The Hall–Kier alpha value is -3.26. The first-order valence-electron chi connectivity index (χ1n) is 9.20. The molecule has 0 spiro atoms. The van der Waals surface area contributed by atoms with E-state index in [9.17, 15) is 10.1 Å². The Morgan fingerprint density at radius 2 is 1.82 bits per heavy atom. The van der Waals surface area contributed by atoms with Crippen LogP contribution in [0.2, 0.25) is 0 Å². The van der Waals surface area contributed by atoms with Crippen molar-refractivity contribution < 1.29 is 9.34 Å². The molecule has 0 aliphatic carbocycles. The molecule has 1 saturated heterocycles. The van der Waals surface area contributed by atoms with Crippen LogP contribution in [0.5, 0.6) is 0 Å². The SMILES string of the molecule is Cc1cccc(-c2nnc(CN3CCN(c4ccc([N+](=O)[O-])cc4)CC3)o2)c1. The molecule has 0 atom stereocenters. The van der Waals surface area contributed by atoms with Crippen molar-refractivity contribution in [2.45, 2.75) is 13.5 Å². The maximum Gasteiger partial charge on any atom is 0.269 e. The lowest BCUT2D eigenvalue weighted by Crippen LogP contribution is -2.46. The first kappa shape index (κ1) is 18.1. The van der Waals surface area contributed by atoms with Crippen LogP contribution in [-0.2, 0) is 6.54 Å². The highest BCUT2D eigenvalue weighted by Crippen LogP contribution is 2.22. The molecule has 8 nitrogen and oxygen atoms in total. The van der Waals surface area contributed by atoms with Crippen LogP contribution in [0.4, 0.5) is 11.4 Å². The molecule has 0 unspecified atom stereocenters. The fourth-order valence-corrected chi connectivity index (χ4v) is 3.35. The van der Waals surface area contributed by atoms with Crippen molar-refractivity contribution in [1.29, 1.82) is 0 Å². The summed E-state index contributed by atoms with van der Waals surface area (Å²) in [6.45, 7) is 6.06. The molecule has 1 fully saturated rings. The maximum atomic E-state index is 10.8. The Bertz CT molecular complexity index is 962. The summed E-state index contributed by atoms with van der Waals surface area (Å²) in [5.41, 5.74) is 3.20. The molecule has 2 heterocycles. The molecule has 28 heavy (non-hydrogen) atoms. The summed E-state index contributed by atoms with van der Waals surface area (Å²) < 4.78 is 5.83. The van der Waals surface area contributed by atoms with Crippen LogP contribution >= 0.6 is 0 Å². The predicted molar refractivity (Wildman–Crippen MR) is 105 cm³/mol. The summed E-state index contributed by atoms with van der Waals surface area (Å²) in [6.07, 6.45) is 0. The number of nitro benzene ring substituents is 1. The van der Waals surface area contributed by atoms with Crippen LogP contribution in [-0.4, -0.2) is 46.2 Å². The van der Waals surface area contributed by atoms with Crippen LogP contribution in [0.3, 0.4) is 0 Å². The minimum absolute atomic E-state index is 0.114. The molecule has 0 N–H and O–H groups in total. The first-order chi connectivity index (χ1) is 13.6. The number of nitrogens with zero attached hydrogens (tertiary/aromatic N) is 5. The highest BCUT2D eigenvalue weighted by atomic mass is 16.6. The van der Waals surface area contributed by atoms with Crippen molar-refractivity contribution in [2.75, 3.05) is 31.1 Å². The van der Waals surface area contributed by atoms with Crippen LogP contribution in [0.25, 0.3) is 11.5 Å². The van der Waals surface area contributed by atoms with E-state index in [0.29, 0.717) is 18.3 Å². The molecule has 2 aromatic carbocycles. The third-order valence-electron chi connectivity index (χ3n) is 4.89. The highest BCUT2D eigenvalue weighted by molar-refractivity contribution is 5.53. The largest absolute Gasteiger partial charge is 0.419 e. The minimum Gasteiger partial charge on any atom is -0.419 e. The molecule has 0 radical (unpaired) electrons.